The molecule has 8 heteroatoms. The van der Waals surface area contributed by atoms with Crippen molar-refractivity contribution < 1.29 is 27.6 Å². The molecule has 0 aliphatic carbocycles. The molecule has 1 aromatic rings. The van der Waals surface area contributed by atoms with Crippen LogP contribution in [0, 0.1) is 5.92 Å². The van der Waals surface area contributed by atoms with Crippen LogP contribution >= 0.6 is 0 Å². The second-order valence-electron chi connectivity index (χ2n) is 6.31. The van der Waals surface area contributed by atoms with Crippen molar-refractivity contribution >= 4 is 23.0 Å². The van der Waals surface area contributed by atoms with E-state index in [9.17, 15) is 22.5 Å². The van der Waals surface area contributed by atoms with Gasteiger partial charge in [0.2, 0.25) is 0 Å². The molecule has 24 heavy (non-hydrogen) atoms. The molecule has 2 atom stereocenters. The Morgan fingerprint density at radius 2 is 1.75 bits per heavy atom. The van der Waals surface area contributed by atoms with Gasteiger partial charge < -0.3 is 9.66 Å². The molecule has 4 nitrogen and oxygen atoms in total. The van der Waals surface area contributed by atoms with E-state index < -0.39 is 47.0 Å². The molecule has 0 amide bonds. The number of halogens is 3. The molecule has 0 heterocycles. The van der Waals surface area contributed by atoms with Crippen molar-refractivity contribution in [3.05, 3.63) is 35.9 Å². The van der Waals surface area contributed by atoms with Crippen molar-refractivity contribution in [2.75, 3.05) is 0 Å². The monoisotopic (exact) mass is 363 g/mol. The van der Waals surface area contributed by atoms with Gasteiger partial charge in [0.05, 0.1) is 18.1 Å². The van der Waals surface area contributed by atoms with Gasteiger partial charge in [0, 0.05) is 12.0 Å². The summed E-state index contributed by atoms with van der Waals surface area (Å²) in [5.41, 5.74) is 0.391. The van der Waals surface area contributed by atoms with Gasteiger partial charge in [-0.2, -0.15) is 13.2 Å². The smallest absolute Gasteiger partial charge is 0.392 e. The third-order valence-electron chi connectivity index (χ3n) is 3.15. The number of hydrogen-bond donors (Lipinski definition) is 1. The lowest BCUT2D eigenvalue weighted by molar-refractivity contribution is -0.181. The summed E-state index contributed by atoms with van der Waals surface area (Å²) < 4.78 is 54.9. The molecular weight excluding hydrogens is 343 g/mol. The molecule has 134 valence electrons. The van der Waals surface area contributed by atoms with Gasteiger partial charge in [0.1, 0.15) is 16.1 Å². The average Bonchev–Trinajstić information content (AvgIpc) is 2.44. The predicted molar refractivity (Wildman–Crippen MR) is 87.3 cm³/mol. The van der Waals surface area contributed by atoms with Crippen LogP contribution in [-0.4, -0.2) is 32.3 Å². The van der Waals surface area contributed by atoms with E-state index in [1.807, 2.05) is 0 Å². The first-order chi connectivity index (χ1) is 10.9. The average molecular weight is 363 g/mol. The largest absolute Gasteiger partial charge is 0.591 e. The van der Waals surface area contributed by atoms with Crippen molar-refractivity contribution in [3.63, 3.8) is 0 Å². The predicted octanol–water partition coefficient (Wildman–Crippen LogP) is 3.98. The fourth-order valence-electron chi connectivity index (χ4n) is 1.82. The number of rotatable bonds is 6. The molecule has 1 N–H and O–H groups in total. The first-order valence-corrected chi connectivity index (χ1v) is 8.35. The van der Waals surface area contributed by atoms with Gasteiger partial charge in [-0.3, -0.25) is 4.79 Å². The molecule has 1 rings (SSSR count). The lowest BCUT2D eigenvalue weighted by atomic mass is 9.94. The number of carboxylic acid groups (broad SMARTS) is 1. The number of hydrogen-bond acceptors (Lipinski definition) is 3. The molecule has 0 bridgehead atoms. The quantitative estimate of drug-likeness (QED) is 0.614. The van der Waals surface area contributed by atoms with E-state index in [2.05, 4.69) is 4.40 Å². The highest BCUT2D eigenvalue weighted by molar-refractivity contribution is 7.91. The van der Waals surface area contributed by atoms with E-state index in [0.29, 0.717) is 5.56 Å². The van der Waals surface area contributed by atoms with Crippen LogP contribution < -0.4 is 0 Å². The van der Waals surface area contributed by atoms with E-state index in [4.69, 9.17) is 5.11 Å². The zero-order valence-corrected chi connectivity index (χ0v) is 14.4. The highest BCUT2D eigenvalue weighted by atomic mass is 32.2. The van der Waals surface area contributed by atoms with Crippen LogP contribution in [0.1, 0.15) is 39.2 Å². The highest BCUT2D eigenvalue weighted by Crippen LogP contribution is 2.33. The molecule has 0 fully saturated rings. The second kappa shape index (κ2) is 8.02. The van der Waals surface area contributed by atoms with Gasteiger partial charge in [0.25, 0.3) is 0 Å². The standard InChI is InChI=1S/C16H20F3NO3S/c1-15(2,3)24(23)20-13(11-7-5-4-6-8-11)9-12(10-14(21)22)16(17,18)19/h4-8,12H,9-10H2,1-3H3,(H,21,22)/t12?,24-/m0/s1. The Bertz CT molecular complexity index is 582. The van der Waals surface area contributed by atoms with Crippen LogP contribution in [0.4, 0.5) is 13.2 Å². The molecule has 0 radical (unpaired) electrons. The minimum absolute atomic E-state index is 0.00701. The Morgan fingerprint density at radius 3 is 2.17 bits per heavy atom. The van der Waals surface area contributed by atoms with Crippen molar-refractivity contribution in [1.82, 2.24) is 0 Å². The number of aliphatic carboxylic acids is 1. The third-order valence-corrected chi connectivity index (χ3v) is 4.58. The van der Waals surface area contributed by atoms with E-state index >= 15 is 0 Å². The molecule has 0 aliphatic rings. The summed E-state index contributed by atoms with van der Waals surface area (Å²) in [5.74, 6) is -3.63. The van der Waals surface area contributed by atoms with Gasteiger partial charge >= 0.3 is 12.1 Å². The Kier molecular flexibility index (Phi) is 6.86. The number of benzene rings is 1. The van der Waals surface area contributed by atoms with Crippen LogP contribution in [0.5, 0.6) is 0 Å². The molecule has 1 aromatic carbocycles. The lowest BCUT2D eigenvalue weighted by Gasteiger charge is -2.22. The molecular formula is C16H20F3NO3S. The Labute approximate surface area is 142 Å². The van der Waals surface area contributed by atoms with Crippen LogP contribution in [0.2, 0.25) is 0 Å². The number of carboxylic acids is 1. The summed E-state index contributed by atoms with van der Waals surface area (Å²) in [5, 5.41) is 8.74. The maximum Gasteiger partial charge on any atom is 0.392 e. The van der Waals surface area contributed by atoms with Gasteiger partial charge in [-0.1, -0.05) is 34.7 Å². The topological polar surface area (TPSA) is 72.7 Å². The van der Waals surface area contributed by atoms with Crippen LogP contribution in [0.3, 0.4) is 0 Å². The summed E-state index contributed by atoms with van der Waals surface area (Å²) in [7, 11) is 0. The van der Waals surface area contributed by atoms with E-state index in [0.717, 1.165) is 0 Å². The minimum Gasteiger partial charge on any atom is -0.591 e. The zero-order valence-electron chi connectivity index (χ0n) is 13.6. The molecule has 0 saturated carbocycles. The number of nitrogens with zero attached hydrogens (tertiary/aromatic N) is 1. The summed E-state index contributed by atoms with van der Waals surface area (Å²) in [4.78, 5) is 10.8. The molecule has 1 unspecified atom stereocenters. The fraction of sp³-hybridized carbons (Fsp3) is 0.500. The second-order valence-corrected chi connectivity index (χ2v) is 8.21. The van der Waals surface area contributed by atoms with Crippen molar-refractivity contribution in [2.45, 2.75) is 44.5 Å². The van der Waals surface area contributed by atoms with Crippen LogP contribution in [-0.2, 0) is 16.2 Å². The van der Waals surface area contributed by atoms with Crippen LogP contribution in [0.25, 0.3) is 0 Å². The van der Waals surface area contributed by atoms with E-state index in [1.54, 1.807) is 51.1 Å². The maximum atomic E-state index is 13.1. The number of carbonyl (C=O) groups is 1. The van der Waals surface area contributed by atoms with Gasteiger partial charge in [-0.25, -0.2) is 0 Å². The normalized spacial score (nSPS) is 15.9. The van der Waals surface area contributed by atoms with Gasteiger partial charge in [0.15, 0.2) is 0 Å². The zero-order chi connectivity index (χ0) is 18.5. The first kappa shape index (κ1) is 20.5. The van der Waals surface area contributed by atoms with E-state index in [-0.39, 0.29) is 5.71 Å². The molecule has 0 aromatic heterocycles. The Balaban J connectivity index is 3.22. The summed E-state index contributed by atoms with van der Waals surface area (Å²) in [6.45, 7) is 4.98. The van der Waals surface area contributed by atoms with Gasteiger partial charge in [-0.05, 0) is 20.8 Å². The summed E-state index contributed by atoms with van der Waals surface area (Å²) >= 11 is -1.75. The Hall–Kier alpha value is -1.54. The van der Waals surface area contributed by atoms with E-state index in [1.165, 1.54) is 0 Å². The number of alkyl halides is 3. The van der Waals surface area contributed by atoms with Crippen molar-refractivity contribution in [2.24, 2.45) is 10.3 Å². The summed E-state index contributed by atoms with van der Waals surface area (Å²) in [6, 6.07) is 8.08. The minimum atomic E-state index is -4.68. The van der Waals surface area contributed by atoms with Gasteiger partial charge in [-0.15, -0.1) is 0 Å². The highest BCUT2D eigenvalue weighted by Gasteiger charge is 2.42. The lowest BCUT2D eigenvalue weighted by Crippen LogP contribution is -2.30. The first-order valence-electron chi connectivity index (χ1n) is 7.24. The molecule has 0 spiro atoms. The van der Waals surface area contributed by atoms with Crippen molar-refractivity contribution in [1.29, 1.82) is 0 Å². The molecule has 0 saturated heterocycles. The third kappa shape index (κ3) is 6.52. The van der Waals surface area contributed by atoms with Crippen LogP contribution in [0.15, 0.2) is 34.7 Å². The van der Waals surface area contributed by atoms with Crippen molar-refractivity contribution in [3.8, 4) is 0 Å². The Morgan fingerprint density at radius 1 is 1.21 bits per heavy atom. The SMILES string of the molecule is CC(C)(C)[S@+]([O-])N=C(CC(CC(=O)O)C(F)(F)F)c1ccccc1. The molecule has 0 aliphatic heterocycles. The maximum absolute atomic E-state index is 13.1. The fourth-order valence-corrected chi connectivity index (χ4v) is 2.48. The summed E-state index contributed by atoms with van der Waals surface area (Å²) in [6.07, 6.45) is -6.38.